The maximum atomic E-state index is 12.8. The van der Waals surface area contributed by atoms with Gasteiger partial charge in [0.15, 0.2) is 0 Å². The molecule has 248 valence electrons. The number of nitrogens with zero attached hydrogens (tertiary/aromatic N) is 5. The number of H-pyrrole nitrogens is 1. The van der Waals surface area contributed by atoms with Crippen LogP contribution in [0, 0.1) is 5.92 Å². The lowest BCUT2D eigenvalue weighted by Gasteiger charge is -2.27. The van der Waals surface area contributed by atoms with E-state index in [0.29, 0.717) is 38.0 Å². The van der Waals surface area contributed by atoms with Gasteiger partial charge in [-0.15, -0.1) is 0 Å². The van der Waals surface area contributed by atoms with E-state index in [1.54, 1.807) is 9.80 Å². The highest BCUT2D eigenvalue weighted by Crippen LogP contribution is 2.34. The zero-order valence-corrected chi connectivity index (χ0v) is 28.2. The van der Waals surface area contributed by atoms with Crippen LogP contribution in [0.4, 0.5) is 15.5 Å². The molecule has 2 aromatic carbocycles. The summed E-state index contributed by atoms with van der Waals surface area (Å²) in [4.78, 5) is 45.9. The van der Waals surface area contributed by atoms with Gasteiger partial charge in [-0.3, -0.25) is 4.90 Å². The summed E-state index contributed by atoms with van der Waals surface area (Å²) in [6.07, 6.45) is 7.64. The van der Waals surface area contributed by atoms with Crippen LogP contribution in [0.15, 0.2) is 55.0 Å². The minimum atomic E-state index is -0.540. The number of hydrogen-bond acceptors (Lipinski definition) is 8. The molecular formula is C36H45N7O4. The molecule has 11 nitrogen and oxygen atoms in total. The fourth-order valence-corrected chi connectivity index (χ4v) is 6.13. The molecule has 2 N–H and O–H groups in total. The Labute approximate surface area is 276 Å². The normalized spacial score (nSPS) is 18.5. The van der Waals surface area contributed by atoms with Crippen molar-refractivity contribution in [3.05, 3.63) is 60.8 Å². The van der Waals surface area contributed by atoms with Crippen LogP contribution >= 0.6 is 0 Å². The van der Waals surface area contributed by atoms with Crippen molar-refractivity contribution in [1.82, 2.24) is 29.7 Å². The van der Waals surface area contributed by atoms with Crippen molar-refractivity contribution in [3.8, 4) is 22.4 Å². The van der Waals surface area contributed by atoms with E-state index in [-0.39, 0.29) is 18.2 Å². The molecule has 2 fully saturated rings. The fourth-order valence-electron chi connectivity index (χ4n) is 6.13. The average molecular weight is 640 g/mol. The number of ether oxygens (including phenoxy) is 2. The van der Waals surface area contributed by atoms with Gasteiger partial charge in [-0.1, -0.05) is 24.3 Å². The lowest BCUT2D eigenvalue weighted by molar-refractivity contribution is 0.0217. The van der Waals surface area contributed by atoms with Crippen molar-refractivity contribution in [1.29, 1.82) is 0 Å². The predicted molar refractivity (Wildman–Crippen MR) is 182 cm³/mol. The molecule has 0 spiro atoms. The lowest BCUT2D eigenvalue weighted by Crippen LogP contribution is -2.36. The Morgan fingerprint density at radius 1 is 0.830 bits per heavy atom. The van der Waals surface area contributed by atoms with Crippen LogP contribution in [0.25, 0.3) is 33.2 Å². The lowest BCUT2D eigenvalue weighted by atomic mass is 10.0. The quantitative estimate of drug-likeness (QED) is 0.223. The average Bonchev–Trinajstić information content (AvgIpc) is 3.79. The van der Waals surface area contributed by atoms with E-state index in [1.807, 2.05) is 60.1 Å². The van der Waals surface area contributed by atoms with Crippen molar-refractivity contribution in [2.75, 3.05) is 31.5 Å². The number of rotatable bonds is 6. The second-order valence-electron chi connectivity index (χ2n) is 14.5. The summed E-state index contributed by atoms with van der Waals surface area (Å²) in [5.74, 6) is 1.67. The van der Waals surface area contributed by atoms with Crippen LogP contribution < -0.4 is 5.32 Å². The molecule has 2 aromatic heterocycles. The van der Waals surface area contributed by atoms with E-state index in [9.17, 15) is 9.59 Å². The number of hydrogen-bond donors (Lipinski definition) is 2. The number of imidazole rings is 1. The Bertz CT molecular complexity index is 1740. The third-order valence-corrected chi connectivity index (χ3v) is 8.41. The third kappa shape index (κ3) is 7.84. The number of carbonyl (C=O) groups excluding carboxylic acids is 2. The van der Waals surface area contributed by atoms with Crippen LogP contribution in [-0.2, 0) is 9.47 Å². The molecule has 2 amide bonds. The van der Waals surface area contributed by atoms with Gasteiger partial charge in [-0.2, -0.15) is 0 Å². The SMILES string of the molecule is CC(C)(C)OC(=O)N1CC[C@H](CNc2ncc(-c3ccc4cc(-c5cnc([C@@H]6CCCN6C(=O)OC(C)(C)C)[nH]5)ccc4c3)cn2)C1. The second kappa shape index (κ2) is 12.8. The molecule has 11 heteroatoms. The second-order valence-corrected chi connectivity index (χ2v) is 14.5. The smallest absolute Gasteiger partial charge is 0.410 e. The molecule has 2 atom stereocenters. The summed E-state index contributed by atoms with van der Waals surface area (Å²) in [5.41, 5.74) is 2.87. The van der Waals surface area contributed by atoms with Gasteiger partial charge < -0.3 is 24.7 Å². The highest BCUT2D eigenvalue weighted by Gasteiger charge is 2.35. The molecule has 2 saturated heterocycles. The summed E-state index contributed by atoms with van der Waals surface area (Å²) in [5, 5.41) is 5.54. The Morgan fingerprint density at radius 3 is 2.19 bits per heavy atom. The number of aromatic amines is 1. The number of carbonyl (C=O) groups is 2. The van der Waals surface area contributed by atoms with E-state index in [0.717, 1.165) is 58.2 Å². The summed E-state index contributed by atoms with van der Waals surface area (Å²) >= 11 is 0. The number of aromatic nitrogens is 4. The third-order valence-electron chi connectivity index (χ3n) is 8.41. The van der Waals surface area contributed by atoms with Gasteiger partial charge in [0.25, 0.3) is 0 Å². The molecule has 0 aliphatic carbocycles. The molecule has 6 rings (SSSR count). The van der Waals surface area contributed by atoms with E-state index in [4.69, 9.17) is 9.47 Å². The molecule has 0 unspecified atom stereocenters. The topological polar surface area (TPSA) is 126 Å². The number of benzene rings is 2. The Hall–Kier alpha value is -4.67. The predicted octanol–water partition coefficient (Wildman–Crippen LogP) is 7.43. The Balaban J connectivity index is 1.07. The number of anilines is 1. The van der Waals surface area contributed by atoms with Gasteiger partial charge in [0.05, 0.1) is 17.9 Å². The maximum Gasteiger partial charge on any atom is 0.410 e. The van der Waals surface area contributed by atoms with E-state index < -0.39 is 11.2 Å². The first-order valence-electron chi connectivity index (χ1n) is 16.4. The summed E-state index contributed by atoms with van der Waals surface area (Å²) in [6, 6.07) is 12.5. The monoisotopic (exact) mass is 639 g/mol. The molecule has 0 saturated carbocycles. The van der Waals surface area contributed by atoms with Gasteiger partial charge in [0.2, 0.25) is 5.95 Å². The maximum absolute atomic E-state index is 12.8. The van der Waals surface area contributed by atoms with Gasteiger partial charge in [0, 0.05) is 49.7 Å². The largest absolute Gasteiger partial charge is 0.444 e. The van der Waals surface area contributed by atoms with E-state index in [2.05, 4.69) is 61.7 Å². The summed E-state index contributed by atoms with van der Waals surface area (Å²) in [6.45, 7) is 14.0. The zero-order valence-electron chi connectivity index (χ0n) is 28.2. The number of amides is 2. The first-order chi connectivity index (χ1) is 22.3. The minimum Gasteiger partial charge on any atom is -0.444 e. The van der Waals surface area contributed by atoms with Crippen molar-refractivity contribution < 1.29 is 19.1 Å². The first kappa shape index (κ1) is 32.3. The van der Waals surface area contributed by atoms with Crippen LogP contribution in [0.1, 0.15) is 72.7 Å². The minimum absolute atomic E-state index is 0.123. The number of fused-ring (bicyclic) bond motifs is 1. The van der Waals surface area contributed by atoms with Crippen molar-refractivity contribution in [3.63, 3.8) is 0 Å². The van der Waals surface area contributed by atoms with Crippen LogP contribution in [0.2, 0.25) is 0 Å². The fraction of sp³-hybridized carbons (Fsp3) is 0.472. The molecular weight excluding hydrogens is 594 g/mol. The molecule has 47 heavy (non-hydrogen) atoms. The van der Waals surface area contributed by atoms with E-state index >= 15 is 0 Å². The number of nitrogens with one attached hydrogen (secondary N) is 2. The zero-order chi connectivity index (χ0) is 33.3. The molecule has 4 aromatic rings. The van der Waals surface area contributed by atoms with Crippen molar-refractivity contribution >= 4 is 28.9 Å². The van der Waals surface area contributed by atoms with Crippen LogP contribution in [-0.4, -0.2) is 79.3 Å². The van der Waals surface area contributed by atoms with Crippen molar-refractivity contribution in [2.24, 2.45) is 5.92 Å². The molecule has 2 aliphatic heterocycles. The first-order valence-corrected chi connectivity index (χ1v) is 16.4. The molecule has 0 radical (unpaired) electrons. The van der Waals surface area contributed by atoms with Gasteiger partial charge in [-0.25, -0.2) is 24.5 Å². The highest BCUT2D eigenvalue weighted by molar-refractivity contribution is 5.90. The Kier molecular flexibility index (Phi) is 8.82. The Morgan fingerprint density at radius 2 is 1.49 bits per heavy atom. The van der Waals surface area contributed by atoms with Crippen LogP contribution in [0.5, 0.6) is 0 Å². The van der Waals surface area contributed by atoms with Crippen molar-refractivity contribution in [2.45, 2.75) is 78.0 Å². The van der Waals surface area contributed by atoms with Gasteiger partial charge in [0.1, 0.15) is 17.0 Å². The number of likely N-dealkylation sites (tertiary alicyclic amines) is 2. The standard InChI is InChI=1S/C36H45N7O4/c1-35(2,3)46-33(44)42-15-13-23(22-42)18-38-32-39-19-28(20-40-32)26-10-9-25-17-27(12-11-24(25)16-26)29-21-37-31(41-29)30-8-7-14-43(30)34(45)47-36(4,5)6/h9-12,16-17,19-21,23,30H,7-8,13-15,18,22H2,1-6H3,(H,37,41)(H,38,39,40)/t23-,30+/m1/s1. The van der Waals surface area contributed by atoms with Gasteiger partial charge >= 0.3 is 12.2 Å². The molecule has 4 heterocycles. The highest BCUT2D eigenvalue weighted by atomic mass is 16.6. The van der Waals surface area contributed by atoms with Crippen LogP contribution in [0.3, 0.4) is 0 Å². The summed E-state index contributed by atoms with van der Waals surface area (Å²) < 4.78 is 11.1. The van der Waals surface area contributed by atoms with Gasteiger partial charge in [-0.05, 0) is 95.2 Å². The van der Waals surface area contributed by atoms with E-state index in [1.165, 1.54) is 0 Å². The molecule has 2 aliphatic rings. The summed E-state index contributed by atoms with van der Waals surface area (Å²) in [7, 11) is 0. The molecule has 0 bridgehead atoms.